The smallest absolute Gasteiger partial charge is 0.0388 e. The number of rotatable bonds is 9. The van der Waals surface area contributed by atoms with Crippen LogP contribution >= 0.6 is 0 Å². The monoisotopic (exact) mass is 529 g/mol. The molecule has 0 heterocycles. The predicted molar refractivity (Wildman–Crippen MR) is 181 cm³/mol. The summed E-state index contributed by atoms with van der Waals surface area (Å²) >= 11 is 0. The Bertz CT molecular complexity index is 417. The van der Waals surface area contributed by atoms with Crippen molar-refractivity contribution in [2.45, 2.75) is 178 Å². The van der Waals surface area contributed by atoms with Crippen LogP contribution in [0.5, 0.6) is 0 Å². The van der Waals surface area contributed by atoms with Gasteiger partial charge in [0.1, 0.15) is 0 Å². The first kappa shape index (κ1) is 46.8. The van der Waals surface area contributed by atoms with Gasteiger partial charge in [-0.3, -0.25) is 0 Å². The molecule has 0 N–H and O–H groups in total. The van der Waals surface area contributed by atoms with Crippen LogP contribution in [0.25, 0.3) is 0 Å². The van der Waals surface area contributed by atoms with Crippen LogP contribution in [0, 0.1) is 65.1 Å². The third-order valence-corrected chi connectivity index (χ3v) is 8.48. The van der Waals surface area contributed by atoms with Crippen molar-refractivity contribution >= 4 is 0 Å². The fourth-order valence-electron chi connectivity index (χ4n) is 6.57. The van der Waals surface area contributed by atoms with Crippen molar-refractivity contribution in [2.75, 3.05) is 0 Å². The van der Waals surface area contributed by atoms with Crippen LogP contribution in [-0.4, -0.2) is 0 Å². The molecule has 0 heteroatoms. The van der Waals surface area contributed by atoms with E-state index in [0.717, 1.165) is 65.1 Å². The van der Waals surface area contributed by atoms with Gasteiger partial charge in [0.15, 0.2) is 0 Å². The quantitative estimate of drug-likeness (QED) is 0.279. The van der Waals surface area contributed by atoms with Crippen molar-refractivity contribution in [1.29, 1.82) is 0 Å². The molecule has 232 valence electrons. The van der Waals surface area contributed by atoms with Crippen LogP contribution < -0.4 is 0 Å². The summed E-state index contributed by atoms with van der Waals surface area (Å²) in [6.45, 7) is 30.5. The minimum atomic E-state index is 0. The molecule has 0 spiro atoms. The molecule has 0 bridgehead atoms. The van der Waals surface area contributed by atoms with E-state index in [1.807, 2.05) is 0 Å². The summed E-state index contributed by atoms with van der Waals surface area (Å²) < 4.78 is 0. The lowest BCUT2D eigenvalue weighted by Gasteiger charge is -2.16. The largest absolute Gasteiger partial charge is 0.0776 e. The fourth-order valence-corrected chi connectivity index (χ4v) is 6.57. The normalized spacial score (nSPS) is 22.7. The average Bonchev–Trinajstić information content (AvgIpc) is 3.30. The first-order chi connectivity index (χ1) is 15.2. The Kier molecular flexibility index (Phi) is 31.6. The van der Waals surface area contributed by atoms with Crippen molar-refractivity contribution in [3.63, 3.8) is 0 Å². The first-order valence-corrected chi connectivity index (χ1v) is 15.2. The van der Waals surface area contributed by atoms with E-state index in [1.54, 1.807) is 0 Å². The molecule has 2 aliphatic rings. The van der Waals surface area contributed by atoms with E-state index in [9.17, 15) is 0 Å². The van der Waals surface area contributed by atoms with Crippen molar-refractivity contribution in [3.05, 3.63) is 0 Å². The van der Waals surface area contributed by atoms with Gasteiger partial charge in [0, 0.05) is 0 Å². The van der Waals surface area contributed by atoms with Crippen LogP contribution in [0.2, 0.25) is 0 Å². The minimum absolute atomic E-state index is 0. The summed E-state index contributed by atoms with van der Waals surface area (Å²) in [5.74, 6) is 10.5. The third-order valence-electron chi connectivity index (χ3n) is 8.48. The van der Waals surface area contributed by atoms with E-state index in [1.165, 1.54) is 57.8 Å². The van der Waals surface area contributed by atoms with Gasteiger partial charge in [0.05, 0.1) is 0 Å². The summed E-state index contributed by atoms with van der Waals surface area (Å²) in [4.78, 5) is 0. The van der Waals surface area contributed by atoms with Gasteiger partial charge < -0.3 is 0 Å². The van der Waals surface area contributed by atoms with Crippen LogP contribution in [0.15, 0.2) is 0 Å². The highest BCUT2D eigenvalue weighted by Gasteiger charge is 2.28. The molecular formula is C37H84. The summed E-state index contributed by atoms with van der Waals surface area (Å²) in [7, 11) is 0. The first-order valence-electron chi connectivity index (χ1n) is 15.2. The van der Waals surface area contributed by atoms with E-state index in [0.29, 0.717) is 0 Å². The highest BCUT2D eigenvalue weighted by Crippen LogP contribution is 2.39. The Balaban J connectivity index is -0.000000132. The summed E-state index contributed by atoms with van der Waals surface area (Å²) in [6.07, 6.45) is 13.2. The van der Waals surface area contributed by atoms with Gasteiger partial charge in [0.25, 0.3) is 0 Å². The third kappa shape index (κ3) is 23.6. The fraction of sp³-hybridized carbons (Fsp3) is 1.00. The number of hydrogen-bond donors (Lipinski definition) is 0. The number of hydrogen-bond acceptors (Lipinski definition) is 0. The molecule has 0 aliphatic heterocycles. The highest BCUT2D eigenvalue weighted by molar-refractivity contribution is 4.79. The molecule has 2 aliphatic carbocycles. The Labute approximate surface area is 242 Å². The van der Waals surface area contributed by atoms with Gasteiger partial charge >= 0.3 is 0 Å². The molecule has 0 aromatic rings. The molecule has 2 saturated carbocycles. The second-order valence-electron chi connectivity index (χ2n) is 14.5. The molecule has 0 amide bonds. The lowest BCUT2D eigenvalue weighted by molar-refractivity contribution is 0.340. The van der Waals surface area contributed by atoms with Gasteiger partial charge in [0.2, 0.25) is 0 Å². The molecule has 0 aromatic heterocycles. The molecule has 0 nitrogen and oxygen atoms in total. The zero-order valence-electron chi connectivity index (χ0n) is 25.7. The Morgan fingerprint density at radius 2 is 0.757 bits per heavy atom. The molecule has 0 radical (unpaired) electrons. The molecule has 37 heavy (non-hydrogen) atoms. The van der Waals surface area contributed by atoms with E-state index in [4.69, 9.17) is 0 Å². The Hall–Kier alpha value is 0. The highest BCUT2D eigenvalue weighted by atomic mass is 14.3. The second kappa shape index (κ2) is 25.0. The van der Waals surface area contributed by atoms with Crippen LogP contribution in [0.3, 0.4) is 0 Å². The SMILES string of the molecule is C.C.C.C.CC(C)C1CCC(C(C)C)C1.CC(C)CC(C)CC(C)C.CC(C)CC1CCC(C(C)C)C1. The summed E-state index contributed by atoms with van der Waals surface area (Å²) in [5, 5.41) is 0. The van der Waals surface area contributed by atoms with E-state index < -0.39 is 0 Å². The van der Waals surface area contributed by atoms with Gasteiger partial charge in [-0.15, -0.1) is 0 Å². The Morgan fingerprint density at radius 1 is 0.432 bits per heavy atom. The zero-order chi connectivity index (χ0) is 25.7. The van der Waals surface area contributed by atoms with Crippen molar-refractivity contribution in [3.8, 4) is 0 Å². The minimum Gasteiger partial charge on any atom is -0.0776 e. The maximum atomic E-state index is 2.38. The van der Waals surface area contributed by atoms with E-state index in [2.05, 4.69) is 90.0 Å². The Morgan fingerprint density at radius 3 is 1.00 bits per heavy atom. The molecule has 4 atom stereocenters. The average molecular weight is 529 g/mol. The molecular weight excluding hydrogens is 444 g/mol. The zero-order valence-corrected chi connectivity index (χ0v) is 25.7. The molecule has 2 fully saturated rings. The molecule has 0 saturated heterocycles. The van der Waals surface area contributed by atoms with Gasteiger partial charge in [-0.2, -0.15) is 0 Å². The molecule has 0 aromatic carbocycles. The summed E-state index contributed by atoms with van der Waals surface area (Å²) in [5.41, 5.74) is 0. The van der Waals surface area contributed by atoms with E-state index >= 15 is 0 Å². The van der Waals surface area contributed by atoms with Gasteiger partial charge in [-0.1, -0.05) is 126 Å². The van der Waals surface area contributed by atoms with Gasteiger partial charge in [-0.25, -0.2) is 0 Å². The maximum Gasteiger partial charge on any atom is -0.0388 e. The lowest BCUT2D eigenvalue weighted by Crippen LogP contribution is -2.07. The molecule has 2 rings (SSSR count). The van der Waals surface area contributed by atoms with Crippen molar-refractivity contribution in [2.24, 2.45) is 65.1 Å². The maximum absolute atomic E-state index is 2.38. The van der Waals surface area contributed by atoms with Crippen LogP contribution in [0.1, 0.15) is 178 Å². The second-order valence-corrected chi connectivity index (χ2v) is 14.5. The van der Waals surface area contributed by atoms with Crippen molar-refractivity contribution < 1.29 is 0 Å². The van der Waals surface area contributed by atoms with Gasteiger partial charge in [-0.05, 0) is 116 Å². The van der Waals surface area contributed by atoms with Crippen LogP contribution in [0.4, 0.5) is 0 Å². The predicted octanol–water partition coefficient (Wildman–Crippen LogP) is 14.1. The lowest BCUT2D eigenvalue weighted by atomic mass is 9.89. The molecule has 4 unspecified atom stereocenters. The topological polar surface area (TPSA) is 0 Å². The summed E-state index contributed by atoms with van der Waals surface area (Å²) in [6, 6.07) is 0. The van der Waals surface area contributed by atoms with Crippen molar-refractivity contribution in [1.82, 2.24) is 0 Å². The van der Waals surface area contributed by atoms with Crippen LogP contribution in [-0.2, 0) is 0 Å². The van der Waals surface area contributed by atoms with E-state index in [-0.39, 0.29) is 29.7 Å². The standard InChI is InChI=1S/C12H24.C11H22.C10H22.4CH4/c1-9(2)7-11-5-6-12(8-11)10(3)4;1-8(2)10-5-6-11(7-10)9(3)4;1-8(2)6-10(5)7-9(3)4;;;;/h9-12H,5-8H2,1-4H3;8-11H,5-7H2,1-4H3;8-10H,6-7H2,1-5H3;4*1H4.